The van der Waals surface area contributed by atoms with Gasteiger partial charge in [-0.1, -0.05) is 29.8 Å². The Bertz CT molecular complexity index is 1130. The second-order valence-corrected chi connectivity index (χ2v) is 7.65. The minimum absolute atomic E-state index is 0.270. The van der Waals surface area contributed by atoms with Gasteiger partial charge in [0.05, 0.1) is 20.3 Å². The standard InChI is InChI=1S/C24H20ClF2NO3/c1-30-20-12-14-9-10-28(24(29)22-18(26)7-4-8-19(22)27)23(17(14)13-21(20)31-2)15-5-3-6-16(25)11-15/h3-8,11-13,23H,9-10H2,1-2H3. The Kier molecular flexibility index (Phi) is 5.83. The number of hydrogen-bond donors (Lipinski definition) is 0. The average Bonchev–Trinajstić information content (AvgIpc) is 2.77. The van der Waals surface area contributed by atoms with E-state index in [1.165, 1.54) is 18.1 Å². The Labute approximate surface area is 184 Å². The first kappa shape index (κ1) is 21.1. The van der Waals surface area contributed by atoms with E-state index in [4.69, 9.17) is 21.1 Å². The van der Waals surface area contributed by atoms with Crippen molar-refractivity contribution in [2.24, 2.45) is 0 Å². The number of nitrogens with zero attached hydrogens (tertiary/aromatic N) is 1. The van der Waals surface area contributed by atoms with Crippen molar-refractivity contribution in [3.05, 3.63) is 93.5 Å². The summed E-state index contributed by atoms with van der Waals surface area (Å²) in [6, 6.07) is 13.6. The second-order valence-electron chi connectivity index (χ2n) is 7.21. The van der Waals surface area contributed by atoms with Crippen molar-refractivity contribution in [2.45, 2.75) is 12.5 Å². The van der Waals surface area contributed by atoms with Crippen molar-refractivity contribution >= 4 is 17.5 Å². The smallest absolute Gasteiger partial charge is 0.260 e. The van der Waals surface area contributed by atoms with Gasteiger partial charge in [0.2, 0.25) is 0 Å². The summed E-state index contributed by atoms with van der Waals surface area (Å²) in [6.45, 7) is 0.270. The molecule has 4 rings (SSSR count). The molecule has 1 aliphatic rings. The van der Waals surface area contributed by atoms with E-state index in [0.717, 1.165) is 28.8 Å². The zero-order chi connectivity index (χ0) is 22.1. The van der Waals surface area contributed by atoms with Crippen LogP contribution in [0.25, 0.3) is 0 Å². The van der Waals surface area contributed by atoms with Crippen molar-refractivity contribution in [2.75, 3.05) is 20.8 Å². The van der Waals surface area contributed by atoms with Crippen LogP contribution in [0, 0.1) is 11.6 Å². The van der Waals surface area contributed by atoms with Gasteiger partial charge >= 0.3 is 0 Å². The first-order valence-electron chi connectivity index (χ1n) is 9.69. The molecule has 0 radical (unpaired) electrons. The number of methoxy groups -OCH3 is 2. The van der Waals surface area contributed by atoms with Gasteiger partial charge in [0.1, 0.15) is 17.2 Å². The fourth-order valence-corrected chi connectivity index (χ4v) is 4.25. The maximum Gasteiger partial charge on any atom is 0.260 e. The number of hydrogen-bond acceptors (Lipinski definition) is 3. The summed E-state index contributed by atoms with van der Waals surface area (Å²) >= 11 is 6.22. The van der Waals surface area contributed by atoms with E-state index in [9.17, 15) is 13.6 Å². The summed E-state index contributed by atoms with van der Waals surface area (Å²) < 4.78 is 39.7. The van der Waals surface area contributed by atoms with Crippen LogP contribution < -0.4 is 9.47 Å². The monoisotopic (exact) mass is 443 g/mol. The molecule has 0 saturated carbocycles. The Morgan fingerprint density at radius 3 is 2.29 bits per heavy atom. The molecule has 1 heterocycles. The number of amides is 1. The summed E-state index contributed by atoms with van der Waals surface area (Å²) in [4.78, 5) is 14.8. The lowest BCUT2D eigenvalue weighted by atomic mass is 9.87. The van der Waals surface area contributed by atoms with Gasteiger partial charge < -0.3 is 14.4 Å². The minimum atomic E-state index is -0.895. The van der Waals surface area contributed by atoms with E-state index in [-0.39, 0.29) is 6.54 Å². The van der Waals surface area contributed by atoms with Gasteiger partial charge in [-0.3, -0.25) is 4.79 Å². The molecule has 0 saturated heterocycles. The van der Waals surface area contributed by atoms with Crippen LogP contribution in [0.3, 0.4) is 0 Å². The van der Waals surface area contributed by atoms with Gasteiger partial charge in [-0.25, -0.2) is 8.78 Å². The molecule has 7 heteroatoms. The molecule has 160 valence electrons. The predicted molar refractivity (Wildman–Crippen MR) is 114 cm³/mol. The fourth-order valence-electron chi connectivity index (χ4n) is 4.05. The van der Waals surface area contributed by atoms with E-state index in [1.807, 2.05) is 12.1 Å². The van der Waals surface area contributed by atoms with Crippen LogP contribution >= 0.6 is 11.6 Å². The van der Waals surface area contributed by atoms with E-state index < -0.39 is 29.1 Å². The van der Waals surface area contributed by atoms with Crippen molar-refractivity contribution in [3.8, 4) is 11.5 Å². The molecule has 0 aromatic heterocycles. The Morgan fingerprint density at radius 1 is 1.00 bits per heavy atom. The number of ether oxygens (including phenoxy) is 2. The summed E-state index contributed by atoms with van der Waals surface area (Å²) in [5.74, 6) is -1.44. The lowest BCUT2D eigenvalue weighted by Crippen LogP contribution is -2.41. The fraction of sp³-hybridized carbons (Fsp3) is 0.208. The molecule has 3 aromatic rings. The van der Waals surface area contributed by atoms with Crippen LogP contribution in [0.2, 0.25) is 5.02 Å². The molecule has 0 aliphatic carbocycles. The summed E-state index contributed by atoms with van der Waals surface area (Å²) in [6.07, 6.45) is 0.495. The number of fused-ring (bicyclic) bond motifs is 1. The zero-order valence-electron chi connectivity index (χ0n) is 17.0. The molecule has 1 unspecified atom stereocenters. The maximum absolute atomic E-state index is 14.4. The predicted octanol–water partition coefficient (Wildman–Crippen LogP) is 5.42. The quantitative estimate of drug-likeness (QED) is 0.540. The van der Waals surface area contributed by atoms with Gasteiger partial charge in [-0.15, -0.1) is 0 Å². The van der Waals surface area contributed by atoms with Crippen molar-refractivity contribution < 1.29 is 23.0 Å². The Morgan fingerprint density at radius 2 is 1.65 bits per heavy atom. The van der Waals surface area contributed by atoms with Crippen LogP contribution in [-0.4, -0.2) is 31.6 Å². The average molecular weight is 444 g/mol. The third-order valence-electron chi connectivity index (χ3n) is 5.48. The highest BCUT2D eigenvalue weighted by molar-refractivity contribution is 6.30. The molecule has 0 N–H and O–H groups in total. The first-order chi connectivity index (χ1) is 14.9. The number of carbonyl (C=O) groups is 1. The molecule has 3 aromatic carbocycles. The third kappa shape index (κ3) is 3.83. The number of rotatable bonds is 4. The summed E-state index contributed by atoms with van der Waals surface area (Å²) in [5.41, 5.74) is 1.90. The number of halogens is 3. The zero-order valence-corrected chi connectivity index (χ0v) is 17.7. The minimum Gasteiger partial charge on any atom is -0.493 e. The van der Waals surface area contributed by atoms with Crippen molar-refractivity contribution in [3.63, 3.8) is 0 Å². The van der Waals surface area contributed by atoms with Gasteiger partial charge in [-0.2, -0.15) is 0 Å². The van der Waals surface area contributed by atoms with Crippen molar-refractivity contribution in [1.82, 2.24) is 4.90 Å². The molecule has 1 aliphatic heterocycles. The Balaban J connectivity index is 1.89. The highest BCUT2D eigenvalue weighted by Gasteiger charge is 2.35. The molecule has 0 fully saturated rings. The summed E-state index contributed by atoms with van der Waals surface area (Å²) in [7, 11) is 3.08. The molecule has 0 bridgehead atoms. The largest absolute Gasteiger partial charge is 0.493 e. The van der Waals surface area contributed by atoms with E-state index >= 15 is 0 Å². The van der Waals surface area contributed by atoms with Crippen LogP contribution in [0.15, 0.2) is 54.6 Å². The molecular weight excluding hydrogens is 424 g/mol. The molecule has 1 atom stereocenters. The SMILES string of the molecule is COc1cc2c(cc1OC)C(c1cccc(Cl)c1)N(C(=O)c1c(F)cccc1F)CC2. The normalized spacial score (nSPS) is 15.4. The number of benzene rings is 3. The molecule has 4 nitrogen and oxygen atoms in total. The van der Waals surface area contributed by atoms with Crippen LogP contribution in [0.5, 0.6) is 11.5 Å². The third-order valence-corrected chi connectivity index (χ3v) is 5.71. The lowest BCUT2D eigenvalue weighted by molar-refractivity contribution is 0.0684. The van der Waals surface area contributed by atoms with Gasteiger partial charge in [0.25, 0.3) is 5.91 Å². The number of carbonyl (C=O) groups excluding carboxylic acids is 1. The van der Waals surface area contributed by atoms with Crippen LogP contribution in [0.4, 0.5) is 8.78 Å². The van der Waals surface area contributed by atoms with Crippen LogP contribution in [-0.2, 0) is 6.42 Å². The molecule has 31 heavy (non-hydrogen) atoms. The highest BCUT2D eigenvalue weighted by Crippen LogP contribution is 2.42. The lowest BCUT2D eigenvalue weighted by Gasteiger charge is -2.38. The maximum atomic E-state index is 14.4. The van der Waals surface area contributed by atoms with Gasteiger partial charge in [0, 0.05) is 11.6 Å². The molecular formula is C24H20ClF2NO3. The topological polar surface area (TPSA) is 38.8 Å². The molecule has 0 spiro atoms. The van der Waals surface area contributed by atoms with E-state index in [2.05, 4.69) is 0 Å². The van der Waals surface area contributed by atoms with Gasteiger partial charge in [-0.05, 0) is 59.5 Å². The second kappa shape index (κ2) is 8.55. The summed E-state index contributed by atoms with van der Waals surface area (Å²) in [5, 5.41) is 0.495. The van der Waals surface area contributed by atoms with E-state index in [1.54, 1.807) is 31.4 Å². The highest BCUT2D eigenvalue weighted by atomic mass is 35.5. The molecule has 1 amide bonds. The first-order valence-corrected chi connectivity index (χ1v) is 10.1. The van der Waals surface area contributed by atoms with Crippen molar-refractivity contribution in [1.29, 1.82) is 0 Å². The van der Waals surface area contributed by atoms with Gasteiger partial charge in [0.15, 0.2) is 11.5 Å². The van der Waals surface area contributed by atoms with E-state index in [0.29, 0.717) is 22.9 Å². The van der Waals surface area contributed by atoms with Crippen LogP contribution in [0.1, 0.15) is 33.1 Å². The Hall–Kier alpha value is -3.12.